The molecule has 0 saturated heterocycles. The molecule has 2 amide bonds. The second-order valence-electron chi connectivity index (χ2n) is 8.24. The summed E-state index contributed by atoms with van der Waals surface area (Å²) in [4.78, 5) is 28.1. The average molecular weight is 411 g/mol. The molecule has 0 saturated carbocycles. The van der Waals surface area contributed by atoms with Crippen LogP contribution in [0.4, 0.5) is 5.69 Å². The highest BCUT2D eigenvalue weighted by atomic mass is 16.3. The minimum absolute atomic E-state index is 0.314. The Balaban J connectivity index is 1.51. The highest BCUT2D eigenvalue weighted by molar-refractivity contribution is 6.45. The molecule has 31 heavy (non-hydrogen) atoms. The van der Waals surface area contributed by atoms with E-state index >= 15 is 0 Å². The number of amides is 2. The number of hydrogen-bond donors (Lipinski definition) is 1. The quantitative estimate of drug-likeness (QED) is 0.519. The number of fused-ring (bicyclic) bond motifs is 4. The van der Waals surface area contributed by atoms with Crippen molar-refractivity contribution in [2.45, 2.75) is 19.4 Å². The lowest BCUT2D eigenvalue weighted by atomic mass is 9.95. The van der Waals surface area contributed by atoms with Crippen molar-refractivity contribution in [2.75, 3.05) is 11.4 Å². The Bertz CT molecular complexity index is 1410. The van der Waals surface area contributed by atoms with Gasteiger partial charge in [-0.1, -0.05) is 36.4 Å². The van der Waals surface area contributed by atoms with Crippen LogP contribution >= 0.6 is 0 Å². The molecule has 2 aliphatic heterocycles. The molecule has 6 nitrogen and oxygen atoms in total. The molecule has 0 bridgehead atoms. The smallest absolute Gasteiger partial charge is 0.266 e. The molecule has 2 aromatic heterocycles. The van der Waals surface area contributed by atoms with Gasteiger partial charge in [0.25, 0.3) is 11.8 Å². The van der Waals surface area contributed by atoms with Gasteiger partial charge in [0, 0.05) is 34.7 Å². The third-order valence-corrected chi connectivity index (χ3v) is 6.54. The van der Waals surface area contributed by atoms with E-state index in [1.165, 1.54) is 11.0 Å². The molecule has 0 radical (unpaired) electrons. The number of anilines is 1. The van der Waals surface area contributed by atoms with Gasteiger partial charge >= 0.3 is 0 Å². The number of aromatic nitrogens is 1. The highest BCUT2D eigenvalue weighted by Gasteiger charge is 2.39. The Hall–Kier alpha value is -3.64. The van der Waals surface area contributed by atoms with Crippen LogP contribution in [0.15, 0.2) is 65.3 Å². The zero-order valence-corrected chi connectivity index (χ0v) is 16.9. The summed E-state index contributed by atoms with van der Waals surface area (Å²) in [5, 5.41) is 1.74. The van der Waals surface area contributed by atoms with E-state index in [0.29, 0.717) is 34.9 Å². The van der Waals surface area contributed by atoms with Gasteiger partial charge in [0.15, 0.2) is 0 Å². The predicted octanol–water partition coefficient (Wildman–Crippen LogP) is 3.87. The van der Waals surface area contributed by atoms with E-state index in [0.717, 1.165) is 41.4 Å². The highest BCUT2D eigenvalue weighted by Crippen LogP contribution is 2.42. The van der Waals surface area contributed by atoms with E-state index in [1.54, 1.807) is 6.26 Å². The third-order valence-electron chi connectivity index (χ3n) is 6.54. The van der Waals surface area contributed by atoms with Crippen LogP contribution in [0.3, 0.4) is 0 Å². The summed E-state index contributed by atoms with van der Waals surface area (Å²) in [6.45, 7) is 1.42. The first-order chi connectivity index (χ1) is 15.2. The summed E-state index contributed by atoms with van der Waals surface area (Å²) in [5.41, 5.74) is 10.4. The first-order valence-corrected chi connectivity index (χ1v) is 10.5. The number of nitrogens with zero attached hydrogens (tertiary/aromatic N) is 2. The van der Waals surface area contributed by atoms with Crippen molar-refractivity contribution in [2.24, 2.45) is 11.7 Å². The Kier molecular flexibility index (Phi) is 3.91. The van der Waals surface area contributed by atoms with E-state index in [4.69, 9.17) is 10.2 Å². The fourth-order valence-corrected chi connectivity index (χ4v) is 5.00. The molecular weight excluding hydrogens is 390 g/mol. The number of hydrogen-bond acceptors (Lipinski definition) is 4. The number of furan rings is 1. The first-order valence-electron chi connectivity index (χ1n) is 10.5. The summed E-state index contributed by atoms with van der Waals surface area (Å²) < 4.78 is 7.86. The Morgan fingerprint density at radius 1 is 1.03 bits per heavy atom. The van der Waals surface area contributed by atoms with Crippen LogP contribution in [-0.2, 0) is 22.6 Å². The maximum Gasteiger partial charge on any atom is 0.266 e. The summed E-state index contributed by atoms with van der Waals surface area (Å²) in [5.74, 6) is -0.293. The molecule has 6 heteroatoms. The van der Waals surface area contributed by atoms with Crippen molar-refractivity contribution in [1.82, 2.24) is 4.57 Å². The SMILES string of the molecule is NCC1CCn2c(c(N3C(=O)C=C(c4coc5ccccc45)C3=O)c3ccccc32)C1. The van der Waals surface area contributed by atoms with Gasteiger partial charge in [0.1, 0.15) is 5.58 Å². The lowest BCUT2D eigenvalue weighted by Crippen LogP contribution is -2.33. The van der Waals surface area contributed by atoms with Crippen LogP contribution in [0.25, 0.3) is 27.4 Å². The molecule has 1 unspecified atom stereocenters. The lowest BCUT2D eigenvalue weighted by molar-refractivity contribution is -0.119. The number of carbonyl (C=O) groups is 2. The minimum atomic E-state index is -0.320. The van der Waals surface area contributed by atoms with Gasteiger partial charge in [-0.15, -0.1) is 0 Å². The van der Waals surface area contributed by atoms with Crippen LogP contribution in [-0.4, -0.2) is 22.9 Å². The molecule has 154 valence electrons. The predicted molar refractivity (Wildman–Crippen MR) is 119 cm³/mol. The van der Waals surface area contributed by atoms with Gasteiger partial charge in [0.2, 0.25) is 0 Å². The second-order valence-corrected chi connectivity index (χ2v) is 8.24. The van der Waals surface area contributed by atoms with E-state index in [9.17, 15) is 9.59 Å². The number of para-hydroxylation sites is 2. The van der Waals surface area contributed by atoms with Crippen molar-refractivity contribution in [3.8, 4) is 0 Å². The summed E-state index contributed by atoms with van der Waals surface area (Å²) in [6, 6.07) is 15.5. The monoisotopic (exact) mass is 411 g/mol. The molecule has 1 atom stereocenters. The largest absolute Gasteiger partial charge is 0.464 e. The minimum Gasteiger partial charge on any atom is -0.464 e. The summed E-state index contributed by atoms with van der Waals surface area (Å²) >= 11 is 0. The second kappa shape index (κ2) is 6.68. The molecule has 2 aromatic carbocycles. The number of rotatable bonds is 3. The van der Waals surface area contributed by atoms with E-state index in [2.05, 4.69) is 4.57 Å². The Morgan fingerprint density at radius 3 is 2.65 bits per heavy atom. The fraction of sp³-hybridized carbons (Fsp3) is 0.200. The molecule has 0 spiro atoms. The fourth-order valence-electron chi connectivity index (χ4n) is 5.00. The first kappa shape index (κ1) is 18.2. The zero-order valence-electron chi connectivity index (χ0n) is 16.9. The van der Waals surface area contributed by atoms with Crippen molar-refractivity contribution in [3.05, 3.63) is 72.1 Å². The number of aryl methyl sites for hydroxylation is 1. The summed E-state index contributed by atoms with van der Waals surface area (Å²) in [6.07, 6.45) is 4.74. The van der Waals surface area contributed by atoms with Crippen LogP contribution in [0.1, 0.15) is 17.7 Å². The molecule has 4 heterocycles. The number of carbonyl (C=O) groups excluding carboxylic acids is 2. The molecule has 0 aliphatic carbocycles. The van der Waals surface area contributed by atoms with Crippen LogP contribution in [0.2, 0.25) is 0 Å². The normalized spacial score (nSPS) is 18.8. The van der Waals surface area contributed by atoms with Gasteiger partial charge < -0.3 is 14.7 Å². The maximum atomic E-state index is 13.6. The molecular formula is C25H21N3O3. The van der Waals surface area contributed by atoms with Gasteiger partial charge in [-0.2, -0.15) is 0 Å². The van der Waals surface area contributed by atoms with Crippen LogP contribution in [0.5, 0.6) is 0 Å². The average Bonchev–Trinajstić information content (AvgIpc) is 3.45. The van der Waals surface area contributed by atoms with Crippen LogP contribution < -0.4 is 10.6 Å². The van der Waals surface area contributed by atoms with Crippen molar-refractivity contribution < 1.29 is 14.0 Å². The molecule has 2 N–H and O–H groups in total. The van der Waals surface area contributed by atoms with Gasteiger partial charge in [0.05, 0.1) is 23.0 Å². The van der Waals surface area contributed by atoms with Gasteiger partial charge in [-0.05, 0) is 37.4 Å². The molecule has 4 aromatic rings. The standard InChI is InChI=1S/C25H21N3O3/c26-13-15-9-10-27-20-7-3-1-6-17(20)24(21(27)11-15)28-23(29)12-18(25(28)30)19-14-31-22-8-4-2-5-16(19)22/h1-8,12,14-15H,9-11,13,26H2. The number of benzene rings is 2. The summed E-state index contributed by atoms with van der Waals surface area (Å²) in [7, 11) is 0. The third kappa shape index (κ3) is 2.55. The topological polar surface area (TPSA) is 81.5 Å². The van der Waals surface area contributed by atoms with E-state index in [1.807, 2.05) is 48.5 Å². The maximum absolute atomic E-state index is 13.6. The molecule has 2 aliphatic rings. The number of imide groups is 1. The van der Waals surface area contributed by atoms with Crippen molar-refractivity contribution in [3.63, 3.8) is 0 Å². The van der Waals surface area contributed by atoms with E-state index < -0.39 is 0 Å². The Labute approximate surface area is 178 Å². The van der Waals surface area contributed by atoms with Crippen molar-refractivity contribution in [1.29, 1.82) is 0 Å². The van der Waals surface area contributed by atoms with E-state index in [-0.39, 0.29) is 11.8 Å². The zero-order chi connectivity index (χ0) is 21.1. The van der Waals surface area contributed by atoms with Gasteiger partial charge in [-0.25, -0.2) is 4.90 Å². The van der Waals surface area contributed by atoms with Crippen LogP contribution in [0, 0.1) is 5.92 Å². The molecule has 6 rings (SSSR count). The Morgan fingerprint density at radius 2 is 1.81 bits per heavy atom. The lowest BCUT2D eigenvalue weighted by Gasteiger charge is -2.26. The number of nitrogens with two attached hydrogens (primary N) is 1. The van der Waals surface area contributed by atoms with Gasteiger partial charge in [-0.3, -0.25) is 9.59 Å². The van der Waals surface area contributed by atoms with Crippen molar-refractivity contribution >= 4 is 44.9 Å². The molecule has 0 fully saturated rings.